The van der Waals surface area contributed by atoms with Gasteiger partial charge in [-0.25, -0.2) is 0 Å². The van der Waals surface area contributed by atoms with Crippen molar-refractivity contribution in [2.75, 3.05) is 6.54 Å². The van der Waals surface area contributed by atoms with Gasteiger partial charge in [-0.15, -0.1) is 0 Å². The molecule has 2 atom stereocenters. The third kappa shape index (κ3) is 4.98. The molecule has 124 valence electrons. The monoisotopic (exact) mass is 293 g/mol. The average Bonchev–Trinajstić information content (AvgIpc) is 2.48. The van der Waals surface area contributed by atoms with Crippen molar-refractivity contribution in [2.45, 2.75) is 91.5 Å². The van der Waals surface area contributed by atoms with E-state index in [1.807, 2.05) is 0 Å². The molecule has 0 radical (unpaired) electrons. The standard InChI is InChI=1S/C20H39N/c1-15(2)19(16(3)4)14-21-20-13-9-8-12-18(20)17-10-6-5-7-11-17/h15-21H,5-14H2,1-4H3. The van der Waals surface area contributed by atoms with Gasteiger partial charge in [-0.05, 0) is 49.0 Å². The van der Waals surface area contributed by atoms with Crippen LogP contribution in [-0.2, 0) is 0 Å². The Labute approximate surface area is 133 Å². The Morgan fingerprint density at radius 3 is 1.95 bits per heavy atom. The SMILES string of the molecule is CC(C)C(CNC1CCCCC1C1CCCCC1)C(C)C. The fourth-order valence-electron chi connectivity index (χ4n) is 5.07. The van der Waals surface area contributed by atoms with E-state index in [-0.39, 0.29) is 0 Å². The Hall–Kier alpha value is -0.0400. The average molecular weight is 294 g/mol. The third-order valence-corrected chi connectivity index (χ3v) is 6.40. The number of nitrogens with one attached hydrogen (secondary N) is 1. The first-order chi connectivity index (χ1) is 10.1. The molecule has 2 unspecified atom stereocenters. The van der Waals surface area contributed by atoms with E-state index in [0.717, 1.165) is 35.6 Å². The summed E-state index contributed by atoms with van der Waals surface area (Å²) >= 11 is 0. The van der Waals surface area contributed by atoms with E-state index in [2.05, 4.69) is 33.0 Å². The smallest absolute Gasteiger partial charge is 0.00980 e. The molecule has 1 heteroatoms. The zero-order valence-corrected chi connectivity index (χ0v) is 15.0. The topological polar surface area (TPSA) is 12.0 Å². The van der Waals surface area contributed by atoms with E-state index in [1.165, 1.54) is 64.3 Å². The molecule has 0 aliphatic heterocycles. The van der Waals surface area contributed by atoms with Crippen LogP contribution >= 0.6 is 0 Å². The van der Waals surface area contributed by atoms with Crippen LogP contribution in [0.3, 0.4) is 0 Å². The van der Waals surface area contributed by atoms with Gasteiger partial charge in [0.2, 0.25) is 0 Å². The van der Waals surface area contributed by atoms with Gasteiger partial charge < -0.3 is 5.32 Å². The van der Waals surface area contributed by atoms with Gasteiger partial charge in [0.05, 0.1) is 0 Å². The first kappa shape index (κ1) is 17.3. The second kappa shape index (κ2) is 8.56. The Kier molecular flexibility index (Phi) is 7.05. The maximum Gasteiger partial charge on any atom is 0.00980 e. The fourth-order valence-corrected chi connectivity index (χ4v) is 5.07. The summed E-state index contributed by atoms with van der Waals surface area (Å²) in [6.07, 6.45) is 13.4. The first-order valence-corrected chi connectivity index (χ1v) is 9.83. The van der Waals surface area contributed by atoms with E-state index in [0.29, 0.717) is 0 Å². The molecule has 0 saturated heterocycles. The van der Waals surface area contributed by atoms with Crippen LogP contribution in [0.4, 0.5) is 0 Å². The molecule has 2 rings (SSSR count). The summed E-state index contributed by atoms with van der Waals surface area (Å²) in [5.74, 6) is 4.45. The minimum atomic E-state index is 0.800. The fraction of sp³-hybridized carbons (Fsp3) is 1.00. The number of hydrogen-bond acceptors (Lipinski definition) is 1. The molecule has 2 saturated carbocycles. The molecule has 2 aliphatic rings. The summed E-state index contributed by atoms with van der Waals surface area (Å²) in [6.45, 7) is 10.8. The minimum Gasteiger partial charge on any atom is -0.313 e. The van der Waals surface area contributed by atoms with Gasteiger partial charge in [0, 0.05) is 6.04 Å². The quantitative estimate of drug-likeness (QED) is 0.668. The Morgan fingerprint density at radius 1 is 0.762 bits per heavy atom. The highest BCUT2D eigenvalue weighted by Crippen LogP contribution is 2.38. The maximum absolute atomic E-state index is 4.03. The summed E-state index contributed by atoms with van der Waals surface area (Å²) in [5.41, 5.74) is 0. The largest absolute Gasteiger partial charge is 0.313 e. The van der Waals surface area contributed by atoms with E-state index in [4.69, 9.17) is 0 Å². The lowest BCUT2D eigenvalue weighted by Crippen LogP contribution is -2.45. The van der Waals surface area contributed by atoms with E-state index in [9.17, 15) is 0 Å². The molecule has 1 nitrogen and oxygen atoms in total. The predicted octanol–water partition coefficient (Wildman–Crippen LogP) is 5.64. The molecule has 0 aromatic carbocycles. The van der Waals surface area contributed by atoms with Gasteiger partial charge in [0.25, 0.3) is 0 Å². The van der Waals surface area contributed by atoms with Crippen LogP contribution in [0.2, 0.25) is 0 Å². The molecule has 2 aliphatic carbocycles. The lowest BCUT2D eigenvalue weighted by Gasteiger charge is -2.40. The van der Waals surface area contributed by atoms with E-state index < -0.39 is 0 Å². The second-order valence-electron chi connectivity index (χ2n) is 8.51. The van der Waals surface area contributed by atoms with Crippen molar-refractivity contribution in [3.8, 4) is 0 Å². The highest BCUT2D eigenvalue weighted by atomic mass is 14.9. The van der Waals surface area contributed by atoms with Crippen molar-refractivity contribution < 1.29 is 0 Å². The number of hydrogen-bond donors (Lipinski definition) is 1. The lowest BCUT2D eigenvalue weighted by atomic mass is 9.70. The van der Waals surface area contributed by atoms with Crippen molar-refractivity contribution in [1.29, 1.82) is 0 Å². The summed E-state index contributed by atoms with van der Waals surface area (Å²) in [6, 6.07) is 0.821. The van der Waals surface area contributed by atoms with E-state index in [1.54, 1.807) is 0 Å². The summed E-state index contributed by atoms with van der Waals surface area (Å²) in [7, 11) is 0. The van der Waals surface area contributed by atoms with Crippen LogP contribution in [0.1, 0.15) is 85.5 Å². The second-order valence-corrected chi connectivity index (χ2v) is 8.51. The zero-order chi connectivity index (χ0) is 15.2. The van der Waals surface area contributed by atoms with Gasteiger partial charge in [0.1, 0.15) is 0 Å². The van der Waals surface area contributed by atoms with Crippen molar-refractivity contribution in [3.05, 3.63) is 0 Å². The Bertz CT molecular complexity index is 270. The molecule has 2 fully saturated rings. The Balaban J connectivity index is 1.89. The molecule has 21 heavy (non-hydrogen) atoms. The first-order valence-electron chi connectivity index (χ1n) is 9.83. The summed E-state index contributed by atoms with van der Waals surface area (Å²) in [4.78, 5) is 0. The highest BCUT2D eigenvalue weighted by Gasteiger charge is 2.32. The summed E-state index contributed by atoms with van der Waals surface area (Å²) < 4.78 is 0. The van der Waals surface area contributed by atoms with Crippen LogP contribution in [0.5, 0.6) is 0 Å². The summed E-state index contributed by atoms with van der Waals surface area (Å²) in [5, 5.41) is 4.03. The van der Waals surface area contributed by atoms with Crippen LogP contribution in [0.25, 0.3) is 0 Å². The molecule has 0 spiro atoms. The number of rotatable bonds is 6. The van der Waals surface area contributed by atoms with Gasteiger partial charge >= 0.3 is 0 Å². The molecule has 0 aromatic heterocycles. The zero-order valence-electron chi connectivity index (χ0n) is 15.0. The van der Waals surface area contributed by atoms with Crippen molar-refractivity contribution >= 4 is 0 Å². The molecular weight excluding hydrogens is 254 g/mol. The maximum atomic E-state index is 4.03. The molecule has 0 amide bonds. The van der Waals surface area contributed by atoms with Gasteiger partial charge in [-0.2, -0.15) is 0 Å². The Morgan fingerprint density at radius 2 is 1.33 bits per heavy atom. The van der Waals surface area contributed by atoms with Gasteiger partial charge in [0.15, 0.2) is 0 Å². The highest BCUT2D eigenvalue weighted by molar-refractivity contribution is 4.87. The van der Waals surface area contributed by atoms with Crippen LogP contribution in [0, 0.1) is 29.6 Å². The molecular formula is C20H39N. The minimum absolute atomic E-state index is 0.800. The van der Waals surface area contributed by atoms with Gasteiger partial charge in [-0.1, -0.05) is 72.6 Å². The van der Waals surface area contributed by atoms with Crippen molar-refractivity contribution in [1.82, 2.24) is 5.32 Å². The van der Waals surface area contributed by atoms with Crippen molar-refractivity contribution in [3.63, 3.8) is 0 Å². The molecule has 0 heterocycles. The van der Waals surface area contributed by atoms with E-state index >= 15 is 0 Å². The normalized spacial score (nSPS) is 28.7. The molecule has 0 aromatic rings. The third-order valence-electron chi connectivity index (χ3n) is 6.40. The van der Waals surface area contributed by atoms with Crippen LogP contribution < -0.4 is 5.32 Å². The lowest BCUT2D eigenvalue weighted by molar-refractivity contribution is 0.139. The van der Waals surface area contributed by atoms with Crippen LogP contribution in [-0.4, -0.2) is 12.6 Å². The molecule has 1 N–H and O–H groups in total. The van der Waals surface area contributed by atoms with Crippen molar-refractivity contribution in [2.24, 2.45) is 29.6 Å². The van der Waals surface area contributed by atoms with Crippen LogP contribution in [0.15, 0.2) is 0 Å². The van der Waals surface area contributed by atoms with Gasteiger partial charge in [-0.3, -0.25) is 0 Å². The molecule has 0 bridgehead atoms. The predicted molar refractivity (Wildman–Crippen MR) is 93.5 cm³/mol.